The van der Waals surface area contributed by atoms with Crippen LogP contribution in [-0.2, 0) is 27.5 Å². The summed E-state index contributed by atoms with van der Waals surface area (Å²) >= 11 is 0. The van der Waals surface area contributed by atoms with Gasteiger partial charge in [0, 0.05) is 49.7 Å². The lowest BCUT2D eigenvalue weighted by molar-refractivity contribution is -0.139. The SMILES string of the molecule is O=C(NCc1cccnc1-n1cccn1)C1CCN(S(=O)(=O)c2ccccc2C(F)(F)F)CC1. The van der Waals surface area contributed by atoms with Crippen LogP contribution in [0.4, 0.5) is 13.2 Å². The molecule has 4 rings (SSSR count). The van der Waals surface area contributed by atoms with Gasteiger partial charge in [0.1, 0.15) is 0 Å². The molecule has 1 aliphatic heterocycles. The molecule has 0 aliphatic carbocycles. The van der Waals surface area contributed by atoms with Gasteiger partial charge >= 0.3 is 6.18 Å². The van der Waals surface area contributed by atoms with Gasteiger partial charge in [0.05, 0.1) is 10.5 Å². The van der Waals surface area contributed by atoms with E-state index in [9.17, 15) is 26.4 Å². The van der Waals surface area contributed by atoms with Crippen LogP contribution in [0.5, 0.6) is 0 Å². The second-order valence-corrected chi connectivity index (χ2v) is 9.73. The van der Waals surface area contributed by atoms with Crippen molar-refractivity contribution in [1.82, 2.24) is 24.4 Å². The van der Waals surface area contributed by atoms with Crippen molar-refractivity contribution in [3.05, 3.63) is 72.2 Å². The molecular formula is C22H22F3N5O3S. The number of hydrogen-bond acceptors (Lipinski definition) is 5. The first kappa shape index (κ1) is 23.9. The molecule has 1 amide bonds. The predicted molar refractivity (Wildman–Crippen MR) is 116 cm³/mol. The Balaban J connectivity index is 1.39. The van der Waals surface area contributed by atoms with E-state index < -0.39 is 32.6 Å². The number of alkyl halides is 3. The van der Waals surface area contributed by atoms with E-state index in [-0.39, 0.29) is 38.4 Å². The standard InChI is InChI=1S/C22H22F3N5O3S/c23-22(24,25)18-6-1-2-7-19(18)34(32,33)29-13-8-16(9-14-29)21(31)27-15-17-5-3-10-26-20(17)30-12-4-11-28-30/h1-7,10-12,16H,8-9,13-15H2,(H,27,31). The number of halogens is 3. The molecule has 1 saturated heterocycles. The molecule has 2 aromatic heterocycles. The lowest BCUT2D eigenvalue weighted by Gasteiger charge is -2.31. The predicted octanol–water partition coefficient (Wildman–Crippen LogP) is 3.00. The number of sulfonamides is 1. The maximum atomic E-state index is 13.3. The molecular weight excluding hydrogens is 471 g/mol. The Labute approximate surface area is 194 Å². The highest BCUT2D eigenvalue weighted by Gasteiger charge is 2.40. The Morgan fingerprint density at radius 1 is 1.06 bits per heavy atom. The van der Waals surface area contributed by atoms with Crippen molar-refractivity contribution >= 4 is 15.9 Å². The van der Waals surface area contributed by atoms with Gasteiger partial charge in [-0.1, -0.05) is 18.2 Å². The molecule has 0 radical (unpaired) electrons. The van der Waals surface area contributed by atoms with Gasteiger partial charge in [0.15, 0.2) is 5.82 Å². The maximum absolute atomic E-state index is 13.3. The van der Waals surface area contributed by atoms with Crippen LogP contribution in [-0.4, -0.2) is 46.5 Å². The largest absolute Gasteiger partial charge is 0.417 e. The first-order chi connectivity index (χ1) is 16.2. The Hall–Kier alpha value is -3.25. The monoisotopic (exact) mass is 493 g/mol. The second kappa shape index (κ2) is 9.55. The van der Waals surface area contributed by atoms with Crippen molar-refractivity contribution in [3.63, 3.8) is 0 Å². The number of piperidine rings is 1. The number of nitrogens with zero attached hydrogens (tertiary/aromatic N) is 4. The fraction of sp³-hybridized carbons (Fsp3) is 0.318. The van der Waals surface area contributed by atoms with E-state index >= 15 is 0 Å². The van der Waals surface area contributed by atoms with Crippen LogP contribution in [0.1, 0.15) is 24.0 Å². The second-order valence-electron chi connectivity index (χ2n) is 7.83. The molecule has 0 spiro atoms. The fourth-order valence-electron chi connectivity index (χ4n) is 3.92. The van der Waals surface area contributed by atoms with Crippen LogP contribution in [0, 0.1) is 5.92 Å². The van der Waals surface area contributed by atoms with E-state index in [2.05, 4.69) is 15.4 Å². The van der Waals surface area contributed by atoms with E-state index in [1.807, 2.05) is 6.07 Å². The smallest absolute Gasteiger partial charge is 0.352 e. The fourth-order valence-corrected chi connectivity index (χ4v) is 5.60. The van der Waals surface area contributed by atoms with Crippen molar-refractivity contribution < 1.29 is 26.4 Å². The molecule has 1 N–H and O–H groups in total. The molecule has 1 aliphatic rings. The Kier molecular flexibility index (Phi) is 6.71. The van der Waals surface area contributed by atoms with Crippen molar-refractivity contribution in [2.75, 3.05) is 13.1 Å². The van der Waals surface area contributed by atoms with E-state index in [4.69, 9.17) is 0 Å². The van der Waals surface area contributed by atoms with E-state index in [0.29, 0.717) is 5.82 Å². The molecule has 0 atom stereocenters. The molecule has 3 aromatic rings. The van der Waals surface area contributed by atoms with Gasteiger partial charge in [0.25, 0.3) is 0 Å². The van der Waals surface area contributed by atoms with Crippen molar-refractivity contribution in [1.29, 1.82) is 0 Å². The van der Waals surface area contributed by atoms with Crippen molar-refractivity contribution in [2.24, 2.45) is 5.92 Å². The van der Waals surface area contributed by atoms with E-state index in [1.165, 1.54) is 6.07 Å². The minimum atomic E-state index is -4.79. The molecule has 1 fully saturated rings. The molecule has 1 aromatic carbocycles. The van der Waals surface area contributed by atoms with Gasteiger partial charge in [-0.3, -0.25) is 4.79 Å². The number of nitrogens with one attached hydrogen (secondary N) is 1. The quantitative estimate of drug-likeness (QED) is 0.570. The normalized spacial score (nSPS) is 15.9. The minimum Gasteiger partial charge on any atom is -0.352 e. The summed E-state index contributed by atoms with van der Waals surface area (Å²) < 4.78 is 68.3. The first-order valence-electron chi connectivity index (χ1n) is 10.6. The van der Waals surface area contributed by atoms with Crippen molar-refractivity contribution in [3.8, 4) is 5.82 Å². The Morgan fingerprint density at radius 3 is 2.47 bits per heavy atom. The molecule has 0 bridgehead atoms. The summed E-state index contributed by atoms with van der Waals surface area (Å²) in [6.45, 7) is 0.120. The molecule has 0 unspecified atom stereocenters. The molecule has 34 heavy (non-hydrogen) atoms. The lowest BCUT2D eigenvalue weighted by Crippen LogP contribution is -2.43. The average molecular weight is 494 g/mol. The van der Waals surface area contributed by atoms with Gasteiger partial charge in [-0.2, -0.15) is 22.6 Å². The number of rotatable bonds is 6. The van der Waals surface area contributed by atoms with E-state index in [1.54, 1.807) is 35.4 Å². The van der Waals surface area contributed by atoms with Gasteiger partial charge in [-0.05, 0) is 37.1 Å². The van der Waals surface area contributed by atoms with Crippen LogP contribution >= 0.6 is 0 Å². The maximum Gasteiger partial charge on any atom is 0.417 e. The molecule has 8 nitrogen and oxygen atoms in total. The van der Waals surface area contributed by atoms with Gasteiger partial charge in [-0.15, -0.1) is 0 Å². The lowest BCUT2D eigenvalue weighted by atomic mass is 9.97. The van der Waals surface area contributed by atoms with Gasteiger partial charge in [0.2, 0.25) is 15.9 Å². The molecule has 180 valence electrons. The van der Waals surface area contributed by atoms with Crippen LogP contribution in [0.3, 0.4) is 0 Å². The number of hydrogen-bond donors (Lipinski definition) is 1. The summed E-state index contributed by atoms with van der Waals surface area (Å²) in [7, 11) is -4.35. The summed E-state index contributed by atoms with van der Waals surface area (Å²) in [5, 5.41) is 7.00. The summed E-state index contributed by atoms with van der Waals surface area (Å²) in [5.74, 6) is -0.116. The van der Waals surface area contributed by atoms with Gasteiger partial charge < -0.3 is 5.32 Å². The average Bonchev–Trinajstić information content (AvgIpc) is 3.37. The molecule has 3 heterocycles. The topological polar surface area (TPSA) is 97.2 Å². The number of aromatic nitrogens is 3. The highest BCUT2D eigenvalue weighted by molar-refractivity contribution is 7.89. The summed E-state index contributed by atoms with van der Waals surface area (Å²) in [4.78, 5) is 16.2. The van der Waals surface area contributed by atoms with Gasteiger partial charge in [-0.25, -0.2) is 18.1 Å². The zero-order chi connectivity index (χ0) is 24.3. The zero-order valence-electron chi connectivity index (χ0n) is 17.9. The number of benzene rings is 1. The highest BCUT2D eigenvalue weighted by Crippen LogP contribution is 2.36. The number of carbonyl (C=O) groups is 1. The first-order valence-corrected chi connectivity index (χ1v) is 12.0. The minimum absolute atomic E-state index is 0.0436. The van der Waals surface area contributed by atoms with Crippen LogP contribution in [0.15, 0.2) is 66.0 Å². The molecule has 12 heteroatoms. The summed E-state index contributed by atoms with van der Waals surface area (Å²) in [6.07, 6.45) is 0.599. The highest BCUT2D eigenvalue weighted by atomic mass is 32.2. The van der Waals surface area contributed by atoms with E-state index in [0.717, 1.165) is 28.1 Å². The zero-order valence-corrected chi connectivity index (χ0v) is 18.8. The van der Waals surface area contributed by atoms with Crippen LogP contribution in [0.25, 0.3) is 5.82 Å². The number of pyridine rings is 1. The number of carbonyl (C=O) groups excluding carboxylic acids is 1. The third kappa shape index (κ3) is 4.97. The van der Waals surface area contributed by atoms with Crippen molar-refractivity contribution in [2.45, 2.75) is 30.5 Å². The Bertz CT molecular complexity index is 1250. The summed E-state index contributed by atoms with van der Waals surface area (Å²) in [6, 6.07) is 9.45. The number of amides is 1. The third-order valence-electron chi connectivity index (χ3n) is 5.68. The summed E-state index contributed by atoms with van der Waals surface area (Å²) in [5.41, 5.74) is -0.442. The third-order valence-corrected chi connectivity index (χ3v) is 7.63. The van der Waals surface area contributed by atoms with Crippen LogP contribution < -0.4 is 5.32 Å². The molecule has 0 saturated carbocycles. The van der Waals surface area contributed by atoms with Crippen LogP contribution in [0.2, 0.25) is 0 Å². The Morgan fingerprint density at radius 2 is 1.79 bits per heavy atom.